The number of aliphatic hydroxyl groups excluding tert-OH is 1. The molecule has 0 bridgehead atoms. The van der Waals surface area contributed by atoms with Gasteiger partial charge in [-0.1, -0.05) is 0 Å². The van der Waals surface area contributed by atoms with Crippen LogP contribution in [0.5, 0.6) is 0 Å². The van der Waals surface area contributed by atoms with Crippen LogP contribution in [0.3, 0.4) is 0 Å². The Hall–Kier alpha value is -0.330. The third-order valence-electron chi connectivity index (χ3n) is 3.35. The molecule has 1 aliphatic heterocycles. The first-order valence-corrected chi connectivity index (χ1v) is 6.18. The summed E-state index contributed by atoms with van der Waals surface area (Å²) in [4.78, 5) is 1.69. The van der Waals surface area contributed by atoms with Crippen LogP contribution >= 0.6 is 0 Å². The maximum atomic E-state index is 13.0. The highest BCUT2D eigenvalue weighted by molar-refractivity contribution is 5.00. The minimum Gasteiger partial charge on any atom is -0.391 e. The minimum atomic E-state index is -4.40. The largest absolute Gasteiger partial charge is 0.395 e. The van der Waals surface area contributed by atoms with Gasteiger partial charge in [0, 0.05) is 24.7 Å². The average molecular weight is 269 g/mol. The highest BCUT2D eigenvalue weighted by atomic mass is 19.4. The molecule has 108 valence electrons. The summed E-state index contributed by atoms with van der Waals surface area (Å²) in [6.45, 7) is 7.68. The Morgan fingerprint density at radius 3 is 2.22 bits per heavy atom. The van der Waals surface area contributed by atoms with E-state index in [2.05, 4.69) is 0 Å². The molecule has 18 heavy (non-hydrogen) atoms. The van der Waals surface area contributed by atoms with Gasteiger partial charge >= 0.3 is 6.18 Å². The Bertz CT molecular complexity index is 275. The predicted octanol–water partition coefficient (Wildman–Crippen LogP) is 2.04. The molecule has 0 spiro atoms. The molecule has 1 N–H and O–H groups in total. The number of likely N-dealkylation sites (tertiary alicyclic amines) is 1. The van der Waals surface area contributed by atoms with Crippen LogP contribution in [0.1, 0.15) is 27.7 Å². The van der Waals surface area contributed by atoms with Crippen molar-refractivity contribution in [3.8, 4) is 0 Å². The zero-order valence-corrected chi connectivity index (χ0v) is 11.3. The second-order valence-electron chi connectivity index (χ2n) is 5.68. The van der Waals surface area contributed by atoms with Gasteiger partial charge in [0.1, 0.15) is 0 Å². The van der Waals surface area contributed by atoms with Gasteiger partial charge < -0.3 is 9.84 Å². The van der Waals surface area contributed by atoms with Crippen molar-refractivity contribution in [2.75, 3.05) is 19.8 Å². The van der Waals surface area contributed by atoms with E-state index in [0.717, 1.165) is 0 Å². The van der Waals surface area contributed by atoms with Gasteiger partial charge in [0.15, 0.2) is 0 Å². The molecule has 1 heterocycles. The van der Waals surface area contributed by atoms with Gasteiger partial charge in [0.05, 0.1) is 18.6 Å². The lowest BCUT2D eigenvalue weighted by Crippen LogP contribution is -2.50. The summed E-state index contributed by atoms with van der Waals surface area (Å²) in [5.41, 5.74) is -0.428. The van der Waals surface area contributed by atoms with Crippen molar-refractivity contribution >= 4 is 0 Å². The quantitative estimate of drug-likeness (QED) is 0.851. The highest BCUT2D eigenvalue weighted by Crippen LogP contribution is 2.41. The number of aliphatic hydroxyl groups is 1. The summed E-state index contributed by atoms with van der Waals surface area (Å²) in [6, 6.07) is -0.819. The Morgan fingerprint density at radius 2 is 1.83 bits per heavy atom. The lowest BCUT2D eigenvalue weighted by molar-refractivity contribution is -0.203. The smallest absolute Gasteiger partial charge is 0.391 e. The van der Waals surface area contributed by atoms with Gasteiger partial charge in [0.25, 0.3) is 0 Å². The van der Waals surface area contributed by atoms with Crippen LogP contribution in [-0.2, 0) is 4.74 Å². The molecule has 3 unspecified atom stereocenters. The van der Waals surface area contributed by atoms with E-state index < -0.39 is 29.8 Å². The van der Waals surface area contributed by atoms with E-state index in [0.29, 0.717) is 6.61 Å². The van der Waals surface area contributed by atoms with Crippen molar-refractivity contribution in [1.82, 2.24) is 4.90 Å². The molecule has 0 aliphatic carbocycles. The lowest BCUT2D eigenvalue weighted by atomic mass is 9.96. The van der Waals surface area contributed by atoms with Gasteiger partial charge in [0.2, 0.25) is 0 Å². The highest BCUT2D eigenvalue weighted by Gasteiger charge is 2.57. The third kappa shape index (κ3) is 3.36. The van der Waals surface area contributed by atoms with Crippen molar-refractivity contribution < 1.29 is 23.0 Å². The molecular formula is C12H22F3NO2. The maximum Gasteiger partial charge on any atom is 0.395 e. The minimum absolute atomic E-state index is 0.00495. The SMILES string of the molecule is CCOCC1C(C(F)(F)F)C(O)CN1C(C)(C)C. The standard InChI is InChI=1S/C12H22F3NO2/c1-5-18-7-8-10(12(13,14)15)9(17)6-16(8)11(2,3)4/h8-10,17H,5-7H2,1-4H3. The van der Waals surface area contributed by atoms with Crippen LogP contribution in [0.4, 0.5) is 13.2 Å². The second kappa shape index (κ2) is 5.35. The summed E-state index contributed by atoms with van der Waals surface area (Å²) >= 11 is 0. The number of ether oxygens (including phenoxy) is 1. The van der Waals surface area contributed by atoms with Crippen LogP contribution in [0.25, 0.3) is 0 Å². The zero-order chi connectivity index (χ0) is 14.1. The molecular weight excluding hydrogens is 247 g/mol. The van der Waals surface area contributed by atoms with Gasteiger partial charge in [-0.15, -0.1) is 0 Å². The van der Waals surface area contributed by atoms with E-state index in [1.807, 2.05) is 20.8 Å². The first-order chi connectivity index (χ1) is 8.09. The Morgan fingerprint density at radius 1 is 1.28 bits per heavy atom. The molecule has 0 saturated carbocycles. The van der Waals surface area contributed by atoms with Crippen molar-refractivity contribution in [2.45, 2.75) is 51.6 Å². The number of alkyl halides is 3. The topological polar surface area (TPSA) is 32.7 Å². The molecule has 0 aromatic carbocycles. The van der Waals surface area contributed by atoms with Crippen molar-refractivity contribution in [3.63, 3.8) is 0 Å². The monoisotopic (exact) mass is 269 g/mol. The van der Waals surface area contributed by atoms with Gasteiger partial charge in [-0.3, -0.25) is 4.90 Å². The Balaban J connectivity index is 2.95. The molecule has 3 nitrogen and oxygen atoms in total. The number of nitrogens with zero attached hydrogens (tertiary/aromatic N) is 1. The number of hydrogen-bond donors (Lipinski definition) is 1. The van der Waals surface area contributed by atoms with Gasteiger partial charge in [-0.2, -0.15) is 13.2 Å². The fourth-order valence-electron chi connectivity index (χ4n) is 2.54. The van der Waals surface area contributed by atoms with Crippen molar-refractivity contribution in [3.05, 3.63) is 0 Å². The molecule has 0 amide bonds. The number of β-amino-alcohol motifs (C(OH)–C–C–N with tert-alkyl or cyclic N) is 1. The third-order valence-corrected chi connectivity index (χ3v) is 3.35. The lowest BCUT2D eigenvalue weighted by Gasteiger charge is -2.38. The average Bonchev–Trinajstić information content (AvgIpc) is 2.50. The number of halogens is 3. The van der Waals surface area contributed by atoms with E-state index in [4.69, 9.17) is 4.74 Å². The fourth-order valence-corrected chi connectivity index (χ4v) is 2.54. The molecule has 1 rings (SSSR count). The van der Waals surface area contributed by atoms with Gasteiger partial charge in [-0.25, -0.2) is 0 Å². The summed E-state index contributed by atoms with van der Waals surface area (Å²) in [6.07, 6.45) is -5.78. The Kier molecular flexibility index (Phi) is 4.67. The summed E-state index contributed by atoms with van der Waals surface area (Å²) in [5.74, 6) is -1.73. The molecule has 1 saturated heterocycles. The maximum absolute atomic E-state index is 13.0. The van der Waals surface area contributed by atoms with E-state index in [-0.39, 0.29) is 13.2 Å². The van der Waals surface area contributed by atoms with E-state index >= 15 is 0 Å². The molecule has 0 aromatic rings. The predicted molar refractivity (Wildman–Crippen MR) is 62.3 cm³/mol. The van der Waals surface area contributed by atoms with Crippen molar-refractivity contribution in [1.29, 1.82) is 0 Å². The fraction of sp³-hybridized carbons (Fsp3) is 1.00. The zero-order valence-electron chi connectivity index (χ0n) is 11.3. The van der Waals surface area contributed by atoms with Crippen LogP contribution < -0.4 is 0 Å². The summed E-state index contributed by atoms with van der Waals surface area (Å²) in [5, 5.41) is 9.71. The van der Waals surface area contributed by atoms with Crippen LogP contribution in [-0.4, -0.2) is 53.6 Å². The number of rotatable bonds is 3. The first-order valence-electron chi connectivity index (χ1n) is 6.18. The van der Waals surface area contributed by atoms with E-state index in [1.165, 1.54) is 0 Å². The van der Waals surface area contributed by atoms with Crippen LogP contribution in [0, 0.1) is 5.92 Å². The summed E-state index contributed by atoms with van der Waals surface area (Å²) < 4.78 is 44.2. The molecule has 1 aliphatic rings. The van der Waals surface area contributed by atoms with Gasteiger partial charge in [-0.05, 0) is 27.7 Å². The normalized spacial score (nSPS) is 31.0. The molecule has 0 aromatic heterocycles. The second-order valence-corrected chi connectivity index (χ2v) is 5.68. The van der Waals surface area contributed by atoms with Crippen molar-refractivity contribution in [2.24, 2.45) is 5.92 Å². The van der Waals surface area contributed by atoms with Crippen LogP contribution in [0.15, 0.2) is 0 Å². The van der Waals surface area contributed by atoms with E-state index in [1.54, 1.807) is 11.8 Å². The molecule has 3 atom stereocenters. The number of hydrogen-bond acceptors (Lipinski definition) is 3. The molecule has 1 fully saturated rings. The molecule has 0 radical (unpaired) electrons. The molecule has 6 heteroatoms. The Labute approximate surface area is 106 Å². The van der Waals surface area contributed by atoms with Crippen LogP contribution in [0.2, 0.25) is 0 Å². The summed E-state index contributed by atoms with van der Waals surface area (Å²) in [7, 11) is 0. The van der Waals surface area contributed by atoms with E-state index in [9.17, 15) is 18.3 Å². The first kappa shape index (κ1) is 15.7.